The van der Waals surface area contributed by atoms with Crippen LogP contribution >= 0.6 is 11.3 Å². The van der Waals surface area contributed by atoms with Gasteiger partial charge in [0.1, 0.15) is 0 Å². The topological polar surface area (TPSA) is 47.4 Å². The number of rotatable bonds is 4. The van der Waals surface area contributed by atoms with Crippen molar-refractivity contribution in [2.45, 2.75) is 39.2 Å². The van der Waals surface area contributed by atoms with Crippen molar-refractivity contribution in [1.29, 1.82) is 0 Å². The van der Waals surface area contributed by atoms with Gasteiger partial charge in [-0.05, 0) is 38.8 Å². The van der Waals surface area contributed by atoms with Gasteiger partial charge in [-0.3, -0.25) is 4.79 Å². The maximum absolute atomic E-state index is 12.8. The Morgan fingerprint density at radius 3 is 2.87 bits per heavy atom. The van der Waals surface area contributed by atoms with Gasteiger partial charge in [0, 0.05) is 23.3 Å². The first-order valence-corrected chi connectivity index (χ1v) is 8.75. The number of nitrogens with zero attached hydrogens (tertiary/aromatic N) is 3. The molecule has 0 saturated carbocycles. The average molecular weight is 333 g/mol. The summed E-state index contributed by atoms with van der Waals surface area (Å²) in [4.78, 5) is 17.2. The predicted molar refractivity (Wildman–Crippen MR) is 90.9 cm³/mol. The van der Waals surface area contributed by atoms with Crippen molar-refractivity contribution in [3.05, 3.63) is 33.1 Å². The summed E-state index contributed by atoms with van der Waals surface area (Å²) >= 11 is 1.70. The first-order valence-electron chi connectivity index (χ1n) is 7.93. The number of hydrogen-bond donors (Lipinski definition) is 0. The van der Waals surface area contributed by atoms with Gasteiger partial charge in [-0.1, -0.05) is 0 Å². The Kier molecular flexibility index (Phi) is 4.43. The minimum atomic E-state index is 0.0761. The Balaban J connectivity index is 1.84. The van der Waals surface area contributed by atoms with E-state index in [9.17, 15) is 4.79 Å². The molecule has 1 amide bonds. The monoisotopic (exact) mass is 333 g/mol. The number of ether oxygens (including phenoxy) is 1. The van der Waals surface area contributed by atoms with Gasteiger partial charge >= 0.3 is 0 Å². The summed E-state index contributed by atoms with van der Waals surface area (Å²) < 4.78 is 7.28. The highest BCUT2D eigenvalue weighted by Crippen LogP contribution is 2.39. The Morgan fingerprint density at radius 2 is 2.22 bits per heavy atom. The molecule has 3 heterocycles. The normalized spacial score (nSPS) is 17.7. The third-order valence-electron chi connectivity index (χ3n) is 4.44. The molecule has 124 valence electrons. The van der Waals surface area contributed by atoms with Gasteiger partial charge in [0.15, 0.2) is 0 Å². The molecule has 0 aliphatic carbocycles. The first kappa shape index (κ1) is 16.1. The lowest BCUT2D eigenvalue weighted by Gasteiger charge is -2.25. The molecular formula is C17H23N3O2S. The standard InChI is InChI=1S/C17H23N3O2S/c1-11-7-8-13(23-11)10-15(21)20-9-5-6-14(20)16-12(2)18-19(3)17(16)22-4/h7-8,14H,5-6,9-10H2,1-4H3. The van der Waals surface area contributed by atoms with Crippen LogP contribution in [0.2, 0.25) is 0 Å². The second-order valence-corrected chi connectivity index (χ2v) is 7.44. The van der Waals surface area contributed by atoms with E-state index in [0.717, 1.165) is 41.4 Å². The van der Waals surface area contributed by atoms with E-state index in [0.29, 0.717) is 6.42 Å². The average Bonchev–Trinajstić information content (AvgIpc) is 3.18. The number of carbonyl (C=O) groups is 1. The lowest BCUT2D eigenvalue weighted by Crippen LogP contribution is -2.32. The molecular weight excluding hydrogens is 310 g/mol. The van der Waals surface area contributed by atoms with Crippen molar-refractivity contribution >= 4 is 17.2 Å². The zero-order valence-electron chi connectivity index (χ0n) is 14.1. The number of carbonyl (C=O) groups excluding carboxylic acids is 1. The highest BCUT2D eigenvalue weighted by Gasteiger charge is 2.34. The number of thiophene rings is 1. The maximum atomic E-state index is 12.8. The van der Waals surface area contributed by atoms with Gasteiger partial charge < -0.3 is 9.64 Å². The van der Waals surface area contributed by atoms with Gasteiger partial charge in [0.25, 0.3) is 0 Å². The van der Waals surface area contributed by atoms with Crippen LogP contribution < -0.4 is 4.74 Å². The minimum Gasteiger partial charge on any atom is -0.481 e. The molecule has 6 heteroatoms. The number of aryl methyl sites for hydroxylation is 3. The fraction of sp³-hybridized carbons (Fsp3) is 0.529. The van der Waals surface area contributed by atoms with Gasteiger partial charge in [0.05, 0.1) is 30.8 Å². The van der Waals surface area contributed by atoms with E-state index in [1.54, 1.807) is 23.1 Å². The predicted octanol–water partition coefficient (Wildman–Crippen LogP) is 3.01. The minimum absolute atomic E-state index is 0.0761. The van der Waals surface area contributed by atoms with Gasteiger partial charge in [-0.25, -0.2) is 4.68 Å². The van der Waals surface area contributed by atoms with Crippen molar-refractivity contribution in [1.82, 2.24) is 14.7 Å². The molecule has 1 saturated heterocycles. The SMILES string of the molecule is COc1c(C2CCCN2C(=O)Cc2ccc(C)s2)c(C)nn1C. The van der Waals surface area contributed by atoms with Crippen LogP contribution in [-0.4, -0.2) is 34.2 Å². The van der Waals surface area contributed by atoms with E-state index in [1.807, 2.05) is 18.9 Å². The second kappa shape index (κ2) is 6.35. The summed E-state index contributed by atoms with van der Waals surface area (Å²) in [6, 6.07) is 4.20. The maximum Gasteiger partial charge on any atom is 0.228 e. The zero-order valence-corrected chi connectivity index (χ0v) is 14.9. The Labute approximate surface area is 140 Å². The molecule has 0 aromatic carbocycles. The van der Waals surface area contributed by atoms with E-state index in [-0.39, 0.29) is 11.9 Å². The summed E-state index contributed by atoms with van der Waals surface area (Å²) in [5.41, 5.74) is 2.00. The van der Waals surface area contributed by atoms with Crippen LogP contribution in [0.3, 0.4) is 0 Å². The van der Waals surface area contributed by atoms with Crippen LogP contribution in [0.25, 0.3) is 0 Å². The summed E-state index contributed by atoms with van der Waals surface area (Å²) in [5.74, 6) is 0.957. The number of likely N-dealkylation sites (tertiary alicyclic amines) is 1. The molecule has 1 aliphatic rings. The molecule has 0 bridgehead atoms. The van der Waals surface area contributed by atoms with Crippen molar-refractivity contribution in [2.75, 3.05) is 13.7 Å². The largest absolute Gasteiger partial charge is 0.481 e. The van der Waals surface area contributed by atoms with Crippen LogP contribution in [0.5, 0.6) is 5.88 Å². The fourth-order valence-corrected chi connectivity index (χ4v) is 4.36. The Bertz CT molecular complexity index is 719. The highest BCUT2D eigenvalue weighted by atomic mass is 32.1. The van der Waals surface area contributed by atoms with Crippen molar-refractivity contribution < 1.29 is 9.53 Å². The molecule has 23 heavy (non-hydrogen) atoms. The third kappa shape index (κ3) is 3.00. The Morgan fingerprint density at radius 1 is 1.43 bits per heavy atom. The zero-order chi connectivity index (χ0) is 16.6. The summed E-state index contributed by atoms with van der Waals surface area (Å²) in [7, 11) is 3.54. The van der Waals surface area contributed by atoms with Gasteiger partial charge in [0.2, 0.25) is 11.8 Å². The molecule has 1 aliphatic heterocycles. The van der Waals surface area contributed by atoms with Crippen molar-refractivity contribution in [2.24, 2.45) is 7.05 Å². The summed E-state index contributed by atoms with van der Waals surface area (Å²) in [6.07, 6.45) is 2.48. The molecule has 0 radical (unpaired) electrons. The highest BCUT2D eigenvalue weighted by molar-refractivity contribution is 7.12. The molecule has 1 atom stereocenters. The molecule has 2 aromatic heterocycles. The van der Waals surface area contributed by atoms with E-state index in [2.05, 4.69) is 24.2 Å². The molecule has 1 unspecified atom stereocenters. The van der Waals surface area contributed by atoms with E-state index >= 15 is 0 Å². The van der Waals surface area contributed by atoms with Crippen molar-refractivity contribution in [3.63, 3.8) is 0 Å². The first-order chi connectivity index (χ1) is 11.0. The van der Waals surface area contributed by atoms with Crippen LogP contribution in [-0.2, 0) is 18.3 Å². The lowest BCUT2D eigenvalue weighted by atomic mass is 10.0. The van der Waals surface area contributed by atoms with Crippen LogP contribution in [0.1, 0.15) is 39.9 Å². The summed E-state index contributed by atoms with van der Waals surface area (Å²) in [5, 5.41) is 4.46. The molecule has 5 nitrogen and oxygen atoms in total. The number of methoxy groups -OCH3 is 1. The smallest absolute Gasteiger partial charge is 0.228 e. The quantitative estimate of drug-likeness (QED) is 0.864. The number of hydrogen-bond acceptors (Lipinski definition) is 4. The summed E-state index contributed by atoms with van der Waals surface area (Å²) in [6.45, 7) is 4.87. The molecule has 1 fully saturated rings. The van der Waals surface area contributed by atoms with Gasteiger partial charge in [-0.2, -0.15) is 5.10 Å². The molecule has 3 rings (SSSR count). The fourth-order valence-electron chi connectivity index (χ4n) is 3.48. The lowest BCUT2D eigenvalue weighted by molar-refractivity contribution is -0.131. The van der Waals surface area contributed by atoms with E-state index in [4.69, 9.17) is 4.74 Å². The van der Waals surface area contributed by atoms with E-state index in [1.165, 1.54) is 4.88 Å². The molecule has 2 aromatic rings. The third-order valence-corrected chi connectivity index (χ3v) is 5.44. The van der Waals surface area contributed by atoms with Crippen LogP contribution in [0.4, 0.5) is 0 Å². The second-order valence-electron chi connectivity index (χ2n) is 6.07. The molecule has 0 N–H and O–H groups in total. The van der Waals surface area contributed by atoms with E-state index < -0.39 is 0 Å². The Hall–Kier alpha value is -1.82. The number of amides is 1. The van der Waals surface area contributed by atoms with Crippen LogP contribution in [0.15, 0.2) is 12.1 Å². The molecule has 0 spiro atoms. The van der Waals surface area contributed by atoms with Crippen molar-refractivity contribution in [3.8, 4) is 5.88 Å². The van der Waals surface area contributed by atoms with Crippen LogP contribution in [0, 0.1) is 13.8 Å². The number of aromatic nitrogens is 2. The van der Waals surface area contributed by atoms with Gasteiger partial charge in [-0.15, -0.1) is 11.3 Å².